The third-order valence-electron chi connectivity index (χ3n) is 5.14. The monoisotopic (exact) mass is 504 g/mol. The van der Waals surface area contributed by atoms with Crippen molar-refractivity contribution in [1.29, 1.82) is 0 Å². The van der Waals surface area contributed by atoms with E-state index >= 15 is 0 Å². The van der Waals surface area contributed by atoms with Crippen LogP contribution in [0.1, 0.15) is 34.1 Å². The molecule has 0 spiro atoms. The SMILES string of the molecule is CSCC[C@H](NC(=O)c1ccc(C(=O)NC(C)C(SC)C(=O)O)cc1-c1ccccc1)C(=O)O. The molecule has 0 aromatic heterocycles. The number of carboxylic acid groups (broad SMARTS) is 2. The molecule has 2 amide bonds. The molecule has 2 aromatic carbocycles. The van der Waals surface area contributed by atoms with E-state index in [1.807, 2.05) is 12.3 Å². The molecule has 2 aromatic rings. The lowest BCUT2D eigenvalue weighted by molar-refractivity contribution is -0.139. The van der Waals surface area contributed by atoms with Crippen LogP contribution in [0.15, 0.2) is 48.5 Å². The average molecular weight is 505 g/mol. The maximum atomic E-state index is 13.0. The van der Waals surface area contributed by atoms with Gasteiger partial charge in [-0.2, -0.15) is 11.8 Å². The van der Waals surface area contributed by atoms with Crippen molar-refractivity contribution >= 4 is 47.3 Å². The maximum absolute atomic E-state index is 13.0. The molecule has 0 aliphatic carbocycles. The molecule has 34 heavy (non-hydrogen) atoms. The number of hydrogen-bond acceptors (Lipinski definition) is 6. The van der Waals surface area contributed by atoms with Gasteiger partial charge in [0.2, 0.25) is 0 Å². The van der Waals surface area contributed by atoms with Gasteiger partial charge < -0.3 is 20.8 Å². The van der Waals surface area contributed by atoms with E-state index in [0.717, 1.165) is 11.8 Å². The van der Waals surface area contributed by atoms with Gasteiger partial charge in [-0.25, -0.2) is 4.79 Å². The fourth-order valence-electron chi connectivity index (χ4n) is 3.35. The van der Waals surface area contributed by atoms with Gasteiger partial charge in [0.15, 0.2) is 0 Å². The van der Waals surface area contributed by atoms with E-state index in [1.54, 1.807) is 43.5 Å². The highest BCUT2D eigenvalue weighted by molar-refractivity contribution is 8.00. The second kappa shape index (κ2) is 13.0. The van der Waals surface area contributed by atoms with Crippen molar-refractivity contribution in [3.63, 3.8) is 0 Å². The van der Waals surface area contributed by atoms with Crippen molar-refractivity contribution < 1.29 is 29.4 Å². The minimum atomic E-state index is -1.12. The van der Waals surface area contributed by atoms with Gasteiger partial charge in [-0.1, -0.05) is 30.3 Å². The van der Waals surface area contributed by atoms with Crippen LogP contribution in [0.3, 0.4) is 0 Å². The molecular formula is C24H28N2O6S2. The molecule has 182 valence electrons. The zero-order valence-corrected chi connectivity index (χ0v) is 20.7. The minimum Gasteiger partial charge on any atom is -0.480 e. The third-order valence-corrected chi connectivity index (χ3v) is 6.90. The normalized spacial score (nSPS) is 13.4. The lowest BCUT2D eigenvalue weighted by atomic mass is 9.96. The zero-order valence-electron chi connectivity index (χ0n) is 19.1. The lowest BCUT2D eigenvalue weighted by Gasteiger charge is -2.20. The summed E-state index contributed by atoms with van der Waals surface area (Å²) in [7, 11) is 0. The Morgan fingerprint density at radius 2 is 1.59 bits per heavy atom. The zero-order chi connectivity index (χ0) is 25.3. The van der Waals surface area contributed by atoms with Crippen molar-refractivity contribution in [2.45, 2.75) is 30.7 Å². The van der Waals surface area contributed by atoms with E-state index in [4.69, 9.17) is 0 Å². The summed E-state index contributed by atoms with van der Waals surface area (Å²) in [5, 5.41) is 23.3. The van der Waals surface area contributed by atoms with Crippen LogP contribution < -0.4 is 10.6 Å². The van der Waals surface area contributed by atoms with Crippen molar-refractivity contribution in [3.05, 3.63) is 59.7 Å². The topological polar surface area (TPSA) is 133 Å². The quantitative estimate of drug-likeness (QED) is 0.346. The number of thioether (sulfide) groups is 2. The van der Waals surface area contributed by atoms with Gasteiger partial charge in [0.1, 0.15) is 11.3 Å². The average Bonchev–Trinajstić information content (AvgIpc) is 2.81. The van der Waals surface area contributed by atoms with Crippen LogP contribution in [0, 0.1) is 0 Å². The van der Waals surface area contributed by atoms with Gasteiger partial charge in [0.05, 0.1) is 0 Å². The summed E-state index contributed by atoms with van der Waals surface area (Å²) in [5.41, 5.74) is 1.63. The Balaban J connectivity index is 2.38. The Morgan fingerprint density at radius 1 is 0.912 bits per heavy atom. The minimum absolute atomic E-state index is 0.235. The Hall–Kier alpha value is -2.98. The Labute approximate surface area is 206 Å². The number of benzene rings is 2. The number of carboxylic acids is 2. The molecule has 10 heteroatoms. The summed E-state index contributed by atoms with van der Waals surface area (Å²) >= 11 is 2.61. The van der Waals surface area contributed by atoms with Gasteiger partial charge in [0.25, 0.3) is 11.8 Å². The van der Waals surface area contributed by atoms with Crippen molar-refractivity contribution in [2.75, 3.05) is 18.3 Å². The molecule has 4 N–H and O–H groups in total. The lowest BCUT2D eigenvalue weighted by Crippen LogP contribution is -2.43. The standard InChI is InChI=1S/C24H28N2O6S2/c1-14(20(34-3)24(31)32)25-21(27)16-9-10-17(18(13-16)15-7-5-4-6-8-15)22(28)26-19(23(29)30)11-12-33-2/h4-10,13-14,19-20H,11-12H2,1-3H3,(H,25,27)(H,26,28)(H,29,30)(H,31,32)/t14?,19-,20?/m0/s1. The van der Waals surface area contributed by atoms with E-state index < -0.39 is 41.1 Å². The van der Waals surface area contributed by atoms with E-state index in [-0.39, 0.29) is 17.5 Å². The molecule has 0 saturated heterocycles. The fraction of sp³-hybridized carbons (Fsp3) is 0.333. The van der Waals surface area contributed by atoms with Crippen LogP contribution in [0.4, 0.5) is 0 Å². The van der Waals surface area contributed by atoms with Gasteiger partial charge in [-0.15, -0.1) is 11.8 Å². The molecule has 0 fully saturated rings. The molecule has 0 bridgehead atoms. The van der Waals surface area contributed by atoms with Gasteiger partial charge in [-0.05, 0) is 60.9 Å². The van der Waals surface area contributed by atoms with Crippen LogP contribution >= 0.6 is 23.5 Å². The molecule has 0 aliphatic heterocycles. The number of carbonyl (C=O) groups excluding carboxylic acids is 2. The third kappa shape index (κ3) is 7.26. The number of aliphatic carboxylic acids is 2. The number of hydrogen-bond donors (Lipinski definition) is 4. The highest BCUT2D eigenvalue weighted by Gasteiger charge is 2.26. The molecule has 0 radical (unpaired) electrons. The predicted molar refractivity (Wildman–Crippen MR) is 136 cm³/mol. The smallest absolute Gasteiger partial charge is 0.326 e. The van der Waals surface area contributed by atoms with Crippen LogP contribution in [-0.2, 0) is 9.59 Å². The number of carbonyl (C=O) groups is 4. The second-order valence-corrected chi connectivity index (χ2v) is 9.49. The number of nitrogens with one attached hydrogen (secondary N) is 2. The van der Waals surface area contributed by atoms with Crippen molar-refractivity contribution in [2.24, 2.45) is 0 Å². The van der Waals surface area contributed by atoms with Crippen LogP contribution in [0.25, 0.3) is 11.1 Å². The molecule has 2 rings (SSSR count). The van der Waals surface area contributed by atoms with Crippen LogP contribution in [-0.4, -0.2) is 69.6 Å². The fourth-order valence-corrected chi connectivity index (χ4v) is 4.50. The first kappa shape index (κ1) is 27.3. The van der Waals surface area contributed by atoms with Crippen molar-refractivity contribution in [3.8, 4) is 11.1 Å². The first-order valence-electron chi connectivity index (χ1n) is 10.5. The maximum Gasteiger partial charge on any atom is 0.326 e. The van der Waals surface area contributed by atoms with Crippen LogP contribution in [0.2, 0.25) is 0 Å². The van der Waals surface area contributed by atoms with Gasteiger partial charge in [0, 0.05) is 17.2 Å². The summed E-state index contributed by atoms with van der Waals surface area (Å²) < 4.78 is 0. The highest BCUT2D eigenvalue weighted by Crippen LogP contribution is 2.26. The molecule has 2 unspecified atom stereocenters. The summed E-state index contributed by atoms with van der Waals surface area (Å²) in [6.45, 7) is 1.62. The molecule has 0 aliphatic rings. The highest BCUT2D eigenvalue weighted by atomic mass is 32.2. The molecule has 0 saturated carbocycles. The van der Waals surface area contributed by atoms with E-state index in [1.165, 1.54) is 23.9 Å². The molecular weight excluding hydrogens is 476 g/mol. The van der Waals surface area contributed by atoms with Gasteiger partial charge >= 0.3 is 11.9 Å². The second-order valence-electron chi connectivity index (χ2n) is 7.53. The van der Waals surface area contributed by atoms with Crippen LogP contribution in [0.5, 0.6) is 0 Å². The Kier molecular flexibility index (Phi) is 10.5. The first-order valence-corrected chi connectivity index (χ1v) is 13.2. The largest absolute Gasteiger partial charge is 0.480 e. The Bertz CT molecular complexity index is 1030. The van der Waals surface area contributed by atoms with E-state index in [2.05, 4.69) is 10.6 Å². The number of amides is 2. The predicted octanol–water partition coefficient (Wildman–Crippen LogP) is 3.22. The molecule has 8 nitrogen and oxygen atoms in total. The molecule has 3 atom stereocenters. The van der Waals surface area contributed by atoms with E-state index in [9.17, 15) is 29.4 Å². The van der Waals surface area contributed by atoms with Crippen molar-refractivity contribution in [1.82, 2.24) is 10.6 Å². The van der Waals surface area contributed by atoms with Gasteiger partial charge in [-0.3, -0.25) is 14.4 Å². The van der Waals surface area contributed by atoms with E-state index in [0.29, 0.717) is 16.9 Å². The summed E-state index contributed by atoms with van der Waals surface area (Å²) in [6.07, 6.45) is 3.80. The summed E-state index contributed by atoms with van der Waals surface area (Å²) in [6, 6.07) is 11.8. The number of rotatable bonds is 12. The summed E-state index contributed by atoms with van der Waals surface area (Å²) in [4.78, 5) is 48.9. The molecule has 0 heterocycles. The Morgan fingerprint density at radius 3 is 2.15 bits per heavy atom. The first-order chi connectivity index (χ1) is 16.2. The summed E-state index contributed by atoms with van der Waals surface area (Å²) in [5.74, 6) is -2.59.